The molecule has 0 aliphatic heterocycles. The van der Waals surface area contributed by atoms with Crippen molar-refractivity contribution in [3.63, 3.8) is 0 Å². The van der Waals surface area contributed by atoms with Gasteiger partial charge in [-0.05, 0) is 134 Å². The van der Waals surface area contributed by atoms with Crippen LogP contribution in [0.1, 0.15) is 11.1 Å². The molecule has 3 aromatic heterocycles. The molecule has 6 aromatic carbocycles. The molecule has 0 unspecified atom stereocenters. The number of hydrogen-bond donors (Lipinski definition) is 2. The smallest absolute Gasteiger partial charge is 0.160 e. The molecule has 0 radical (unpaired) electrons. The number of nitrogens with zero attached hydrogens (tertiary/aromatic N) is 4. The minimum Gasteiger partial charge on any atom is -0.298 e. The molecule has 63 heavy (non-hydrogen) atoms. The van der Waals surface area contributed by atoms with Crippen LogP contribution in [0.15, 0.2) is 236 Å². The predicted molar refractivity (Wildman–Crippen MR) is 258 cm³/mol. The molecule has 1 aliphatic rings. The van der Waals surface area contributed by atoms with E-state index in [0.717, 1.165) is 83.9 Å². The van der Waals surface area contributed by atoms with Gasteiger partial charge in [-0.3, -0.25) is 15.4 Å². The molecule has 0 saturated carbocycles. The molecule has 10 rings (SSSR count). The van der Waals surface area contributed by atoms with Gasteiger partial charge < -0.3 is 0 Å². The number of allylic oxidation sites excluding steroid dienone is 4. The molecule has 1 aliphatic carbocycles. The quantitative estimate of drug-likeness (QED) is 0.0819. The SMILES string of the molecule is N=C1C=C(c2cc(-c3ccccc3)cc(-c3ccccc3)c2)C=C(c2cc(-c3ccccc3)cc(-c3ccccc3)c2)C1=N[NH2+]c1cc(-c2ccccn2)nc(-c2ccccn2)c1. The number of aromatic nitrogens is 3. The van der Waals surface area contributed by atoms with Gasteiger partial charge in [0.05, 0.1) is 28.5 Å². The molecule has 0 bridgehead atoms. The van der Waals surface area contributed by atoms with Gasteiger partial charge in [0.25, 0.3) is 0 Å². The van der Waals surface area contributed by atoms with Crippen LogP contribution in [-0.4, -0.2) is 26.4 Å². The van der Waals surface area contributed by atoms with E-state index < -0.39 is 0 Å². The highest BCUT2D eigenvalue weighted by Crippen LogP contribution is 2.37. The Morgan fingerprint density at radius 2 is 0.762 bits per heavy atom. The molecule has 0 spiro atoms. The maximum absolute atomic E-state index is 9.80. The number of hydrogen-bond acceptors (Lipinski definition) is 5. The second kappa shape index (κ2) is 17.6. The highest BCUT2D eigenvalue weighted by atomic mass is 15.3. The van der Waals surface area contributed by atoms with Crippen LogP contribution in [0.4, 0.5) is 5.69 Å². The zero-order chi connectivity index (χ0) is 42.4. The second-order valence-electron chi connectivity index (χ2n) is 15.3. The Morgan fingerprint density at radius 3 is 1.17 bits per heavy atom. The van der Waals surface area contributed by atoms with Crippen LogP contribution >= 0.6 is 0 Å². The molecular weight excluding hydrogens is 769 g/mol. The van der Waals surface area contributed by atoms with E-state index in [1.165, 1.54) is 0 Å². The molecule has 0 saturated heterocycles. The van der Waals surface area contributed by atoms with Gasteiger partial charge in [-0.25, -0.2) is 4.98 Å². The number of nitrogens with two attached hydrogens (primary N) is 1. The van der Waals surface area contributed by atoms with Crippen molar-refractivity contribution in [2.75, 3.05) is 0 Å². The van der Waals surface area contributed by atoms with Crippen LogP contribution in [0.25, 0.3) is 78.4 Å². The Labute approximate surface area is 366 Å². The molecule has 3 N–H and O–H groups in total. The first-order chi connectivity index (χ1) is 31.1. The summed E-state index contributed by atoms with van der Waals surface area (Å²) in [7, 11) is 0. The summed E-state index contributed by atoms with van der Waals surface area (Å²) in [6.07, 6.45) is 7.68. The highest BCUT2D eigenvalue weighted by molar-refractivity contribution is 6.62. The minimum atomic E-state index is 0.306. The van der Waals surface area contributed by atoms with Gasteiger partial charge in [0.1, 0.15) is 0 Å². The zero-order valence-electron chi connectivity index (χ0n) is 34.3. The summed E-state index contributed by atoms with van der Waals surface area (Å²) in [6.45, 7) is 0. The highest BCUT2D eigenvalue weighted by Gasteiger charge is 2.24. The van der Waals surface area contributed by atoms with Crippen LogP contribution < -0.4 is 5.43 Å². The van der Waals surface area contributed by atoms with Gasteiger partial charge in [-0.15, -0.1) is 0 Å². The van der Waals surface area contributed by atoms with Crippen molar-refractivity contribution in [2.45, 2.75) is 0 Å². The monoisotopic (exact) mass is 809 g/mol. The Balaban J connectivity index is 1.15. The summed E-state index contributed by atoms with van der Waals surface area (Å²) in [5, 5.41) is 15.0. The maximum atomic E-state index is 9.80. The molecule has 0 fully saturated rings. The average Bonchev–Trinajstić information content (AvgIpc) is 3.37. The van der Waals surface area contributed by atoms with Gasteiger partial charge in [0.2, 0.25) is 0 Å². The zero-order valence-corrected chi connectivity index (χ0v) is 34.3. The van der Waals surface area contributed by atoms with Crippen molar-refractivity contribution in [1.82, 2.24) is 15.0 Å². The maximum Gasteiger partial charge on any atom is 0.160 e. The van der Waals surface area contributed by atoms with Crippen molar-refractivity contribution in [3.8, 4) is 67.3 Å². The number of rotatable bonds is 10. The number of benzene rings is 6. The van der Waals surface area contributed by atoms with Gasteiger partial charge in [0, 0.05) is 30.1 Å². The van der Waals surface area contributed by atoms with E-state index in [1.807, 2.05) is 84.3 Å². The third kappa shape index (κ3) is 8.61. The Morgan fingerprint density at radius 1 is 0.365 bits per heavy atom. The average molecular weight is 810 g/mol. The first-order valence-corrected chi connectivity index (χ1v) is 20.9. The Hall–Kier alpha value is -8.45. The first-order valence-electron chi connectivity index (χ1n) is 20.9. The summed E-state index contributed by atoms with van der Waals surface area (Å²) in [5.74, 6) is 0. The Kier molecular flexibility index (Phi) is 10.8. The van der Waals surface area contributed by atoms with E-state index in [-0.39, 0.29) is 0 Å². The van der Waals surface area contributed by atoms with E-state index in [1.54, 1.807) is 12.4 Å². The third-order valence-electron chi connectivity index (χ3n) is 11.1. The van der Waals surface area contributed by atoms with E-state index in [9.17, 15) is 5.41 Å². The van der Waals surface area contributed by atoms with Gasteiger partial charge in [-0.1, -0.05) is 139 Å². The molecule has 298 valence electrons. The van der Waals surface area contributed by atoms with Crippen LogP contribution in [0.5, 0.6) is 0 Å². The standard InChI is InChI=1S/C57H40N6/c58-52-36-48(47-31-43(39-17-5-1-6-18-39)29-44(32-47)40-19-7-2-8-20-40)35-51(49-33-45(41-21-9-3-10-22-41)30-46(34-49)42-23-11-4-12-24-42)57(52)63-62-50-37-55(53-25-13-15-27-59-53)61-56(38-50)54-26-14-16-28-60-54/h1-38,58H,(H,61,62)/p+1. The predicted octanol–water partition coefficient (Wildman–Crippen LogP) is 12.6. The van der Waals surface area contributed by atoms with Crippen molar-refractivity contribution in [2.24, 2.45) is 5.10 Å². The topological polar surface area (TPSA) is 91.5 Å². The summed E-state index contributed by atoms with van der Waals surface area (Å²) < 4.78 is 0. The lowest BCUT2D eigenvalue weighted by atomic mass is 9.84. The van der Waals surface area contributed by atoms with E-state index >= 15 is 0 Å². The summed E-state index contributed by atoms with van der Waals surface area (Å²) in [6, 6.07) is 70.8. The lowest BCUT2D eigenvalue weighted by Crippen LogP contribution is -2.72. The third-order valence-corrected chi connectivity index (χ3v) is 11.1. The van der Waals surface area contributed by atoms with Gasteiger partial charge >= 0.3 is 0 Å². The van der Waals surface area contributed by atoms with Crippen LogP contribution in [0.2, 0.25) is 0 Å². The first kappa shape index (κ1) is 38.7. The van der Waals surface area contributed by atoms with Crippen molar-refractivity contribution in [1.29, 1.82) is 5.41 Å². The lowest BCUT2D eigenvalue weighted by Gasteiger charge is -2.20. The minimum absolute atomic E-state index is 0.306. The largest absolute Gasteiger partial charge is 0.298 e. The van der Waals surface area contributed by atoms with Crippen molar-refractivity contribution >= 4 is 28.3 Å². The summed E-state index contributed by atoms with van der Waals surface area (Å²) in [4.78, 5) is 14.2. The van der Waals surface area contributed by atoms with E-state index in [2.05, 4.69) is 150 Å². The lowest BCUT2D eigenvalue weighted by molar-refractivity contribution is -0.577. The van der Waals surface area contributed by atoms with Crippen molar-refractivity contribution in [3.05, 3.63) is 242 Å². The van der Waals surface area contributed by atoms with Crippen LogP contribution in [0.3, 0.4) is 0 Å². The van der Waals surface area contributed by atoms with E-state index in [4.69, 9.17) is 10.1 Å². The fraction of sp³-hybridized carbons (Fsp3) is 0. The summed E-state index contributed by atoms with van der Waals surface area (Å²) in [5.41, 5.74) is 19.0. The Bertz CT molecular complexity index is 2990. The molecule has 9 aromatic rings. The van der Waals surface area contributed by atoms with Crippen LogP contribution in [0, 0.1) is 5.41 Å². The number of nitrogens with one attached hydrogen (secondary N) is 1. The molecule has 6 heteroatoms. The molecule has 3 heterocycles. The second-order valence-corrected chi connectivity index (χ2v) is 15.3. The number of pyridine rings is 3. The molecule has 6 nitrogen and oxygen atoms in total. The van der Waals surface area contributed by atoms with E-state index in [0.29, 0.717) is 22.8 Å². The molecule has 0 amide bonds. The van der Waals surface area contributed by atoms with Gasteiger partial charge in [0.15, 0.2) is 11.4 Å². The van der Waals surface area contributed by atoms with Crippen LogP contribution in [-0.2, 0) is 0 Å². The summed E-state index contributed by atoms with van der Waals surface area (Å²) >= 11 is 0. The fourth-order valence-corrected chi connectivity index (χ4v) is 7.98. The normalized spacial score (nSPS) is 13.1. The molecule has 0 atom stereocenters. The van der Waals surface area contributed by atoms with Gasteiger partial charge in [-0.2, -0.15) is 5.43 Å². The fourth-order valence-electron chi connectivity index (χ4n) is 7.98. The van der Waals surface area contributed by atoms with Crippen molar-refractivity contribution < 1.29 is 5.43 Å². The number of quaternary nitrogens is 1. The molecular formula is C57H41N6+.